The van der Waals surface area contributed by atoms with Gasteiger partial charge in [-0.1, -0.05) is 12.8 Å². The summed E-state index contributed by atoms with van der Waals surface area (Å²) in [5.41, 5.74) is 0.664. The number of nitrogens with zero attached hydrogens (tertiary/aromatic N) is 5. The summed E-state index contributed by atoms with van der Waals surface area (Å²) in [6.45, 7) is -0.0357. The lowest BCUT2D eigenvalue weighted by Gasteiger charge is -2.33. The van der Waals surface area contributed by atoms with Gasteiger partial charge in [-0.25, -0.2) is 26.7 Å². The van der Waals surface area contributed by atoms with E-state index >= 15 is 0 Å². The summed E-state index contributed by atoms with van der Waals surface area (Å²) in [5.74, 6) is -0.459. The van der Waals surface area contributed by atoms with Gasteiger partial charge in [-0.3, -0.25) is 0 Å². The van der Waals surface area contributed by atoms with Gasteiger partial charge in [-0.2, -0.15) is 9.57 Å². The van der Waals surface area contributed by atoms with Crippen LogP contribution < -0.4 is 5.32 Å². The molecule has 0 aromatic carbocycles. The van der Waals surface area contributed by atoms with Crippen molar-refractivity contribution in [3.8, 4) is 6.07 Å². The Morgan fingerprint density at radius 3 is 2.66 bits per heavy atom. The van der Waals surface area contributed by atoms with E-state index in [0.717, 1.165) is 36.2 Å². The highest BCUT2D eigenvalue weighted by Gasteiger charge is 2.34. The number of halogens is 2. The topological polar surface area (TPSA) is 103 Å². The van der Waals surface area contributed by atoms with Gasteiger partial charge in [-0.15, -0.1) is 5.10 Å². The molecule has 29 heavy (non-hydrogen) atoms. The van der Waals surface area contributed by atoms with Crippen LogP contribution in [0, 0.1) is 17.1 Å². The maximum atomic E-state index is 14.7. The highest BCUT2D eigenvalue weighted by molar-refractivity contribution is 7.88. The number of aromatic nitrogens is 3. The second kappa shape index (κ2) is 7.50. The monoisotopic (exact) mass is 424 g/mol. The zero-order chi connectivity index (χ0) is 20.8. The predicted molar refractivity (Wildman–Crippen MR) is 102 cm³/mol. The summed E-state index contributed by atoms with van der Waals surface area (Å²) < 4.78 is 55.0. The van der Waals surface area contributed by atoms with Crippen LogP contribution in [0.1, 0.15) is 49.3 Å². The third-order valence-corrected chi connectivity index (χ3v) is 7.07. The van der Waals surface area contributed by atoms with E-state index in [1.807, 2.05) is 6.07 Å². The molecule has 2 atom stereocenters. The Bertz CT molecular complexity index is 1070. The molecule has 4 rings (SSSR count). The van der Waals surface area contributed by atoms with E-state index < -0.39 is 28.1 Å². The van der Waals surface area contributed by atoms with Gasteiger partial charge in [0, 0.05) is 19.0 Å². The number of anilines is 1. The molecule has 2 aliphatic rings. The summed E-state index contributed by atoms with van der Waals surface area (Å²) in [5, 5.41) is 16.7. The van der Waals surface area contributed by atoms with Crippen LogP contribution >= 0.6 is 0 Å². The first kappa shape index (κ1) is 20.0. The molecule has 11 heteroatoms. The molecule has 2 aromatic heterocycles. The van der Waals surface area contributed by atoms with E-state index in [9.17, 15) is 22.5 Å². The molecule has 3 heterocycles. The number of hydrogen-bond donors (Lipinski definition) is 1. The molecule has 1 aliphatic carbocycles. The number of hydrogen-bond acceptors (Lipinski definition) is 6. The summed E-state index contributed by atoms with van der Waals surface area (Å²) in [7, 11) is -3.45. The lowest BCUT2D eigenvalue weighted by Crippen LogP contribution is -2.49. The highest BCUT2D eigenvalue weighted by Crippen LogP contribution is 2.38. The van der Waals surface area contributed by atoms with E-state index in [1.165, 1.54) is 10.7 Å². The number of sulfonamides is 1. The summed E-state index contributed by atoms with van der Waals surface area (Å²) in [4.78, 5) is 4.09. The van der Waals surface area contributed by atoms with Gasteiger partial charge in [0.15, 0.2) is 5.82 Å². The number of nitrogens with one attached hydrogen (secondary N) is 1. The fourth-order valence-electron chi connectivity index (χ4n) is 4.29. The van der Waals surface area contributed by atoms with E-state index in [0.29, 0.717) is 5.69 Å². The van der Waals surface area contributed by atoms with Crippen molar-refractivity contribution in [2.45, 2.75) is 50.2 Å². The van der Waals surface area contributed by atoms with Gasteiger partial charge in [0.1, 0.15) is 23.3 Å². The lowest BCUT2D eigenvalue weighted by atomic mass is 10.0. The van der Waals surface area contributed by atoms with E-state index in [-0.39, 0.29) is 42.5 Å². The average molecular weight is 424 g/mol. The van der Waals surface area contributed by atoms with Gasteiger partial charge in [0.2, 0.25) is 16.0 Å². The maximum absolute atomic E-state index is 14.7. The SMILES string of the molecule is CS(=O)(=O)N1CC[C@@H](Nc2ncc3c(F)c(C#N)c(C4CCCC4)n3n2)[C@H](F)C1. The van der Waals surface area contributed by atoms with Crippen molar-refractivity contribution in [1.82, 2.24) is 18.9 Å². The standard InChI is InChI=1S/C18H22F2N6O2S/c1-29(27,28)25-7-6-14(13(19)10-25)23-18-22-9-15-16(20)12(8-21)17(26(15)24-18)11-4-2-3-5-11/h9,11,13-14H,2-7,10H2,1H3,(H,23,24)/t13-,14-/m1/s1. The Kier molecular flexibility index (Phi) is 5.16. The number of nitriles is 1. The molecule has 2 aromatic rings. The van der Waals surface area contributed by atoms with Gasteiger partial charge in [0.25, 0.3) is 0 Å². The zero-order valence-electron chi connectivity index (χ0n) is 16.0. The van der Waals surface area contributed by atoms with E-state index in [1.54, 1.807) is 0 Å². The fraction of sp³-hybridized carbons (Fsp3) is 0.611. The molecule has 2 fully saturated rings. The van der Waals surface area contributed by atoms with Crippen molar-refractivity contribution in [2.75, 3.05) is 24.7 Å². The Balaban J connectivity index is 1.63. The molecule has 156 valence electrons. The molecule has 1 saturated carbocycles. The summed E-state index contributed by atoms with van der Waals surface area (Å²) in [6, 6.07) is 1.29. The quantitative estimate of drug-likeness (QED) is 0.807. The normalized spacial score (nSPS) is 24.1. The fourth-order valence-corrected chi connectivity index (χ4v) is 5.14. The molecule has 8 nitrogen and oxygen atoms in total. The van der Waals surface area contributed by atoms with Crippen molar-refractivity contribution in [1.29, 1.82) is 5.26 Å². The highest BCUT2D eigenvalue weighted by atomic mass is 32.2. The Morgan fingerprint density at radius 1 is 1.31 bits per heavy atom. The number of piperidine rings is 1. The van der Waals surface area contributed by atoms with Crippen LogP contribution in [0.5, 0.6) is 0 Å². The predicted octanol–water partition coefficient (Wildman–Crippen LogP) is 2.18. The first-order chi connectivity index (χ1) is 13.8. The Morgan fingerprint density at radius 2 is 2.03 bits per heavy atom. The van der Waals surface area contributed by atoms with Gasteiger partial charge in [0.05, 0.1) is 24.2 Å². The molecule has 0 unspecified atom stereocenters. The third kappa shape index (κ3) is 3.67. The van der Waals surface area contributed by atoms with Crippen LogP contribution in [0.3, 0.4) is 0 Å². The smallest absolute Gasteiger partial charge is 0.241 e. The number of rotatable bonds is 4. The molecular formula is C18H22F2N6O2S. The third-order valence-electron chi connectivity index (χ3n) is 5.80. The molecule has 0 bridgehead atoms. The van der Waals surface area contributed by atoms with Crippen LogP contribution in [0.15, 0.2) is 6.20 Å². The van der Waals surface area contributed by atoms with Crippen molar-refractivity contribution in [3.63, 3.8) is 0 Å². The second-order valence-electron chi connectivity index (χ2n) is 7.72. The summed E-state index contributed by atoms with van der Waals surface area (Å²) >= 11 is 0. The molecule has 1 aliphatic heterocycles. The van der Waals surface area contributed by atoms with E-state index in [4.69, 9.17) is 0 Å². The van der Waals surface area contributed by atoms with Crippen LogP contribution in [0.25, 0.3) is 5.52 Å². The molecular weight excluding hydrogens is 402 g/mol. The lowest BCUT2D eigenvalue weighted by molar-refractivity contribution is 0.186. The number of alkyl halides is 1. The maximum Gasteiger partial charge on any atom is 0.241 e. The van der Waals surface area contributed by atoms with Crippen molar-refractivity contribution in [2.24, 2.45) is 0 Å². The van der Waals surface area contributed by atoms with Gasteiger partial charge < -0.3 is 5.32 Å². The minimum atomic E-state index is -3.45. The minimum absolute atomic E-state index is 0.00632. The van der Waals surface area contributed by atoms with Crippen LogP contribution in [0.4, 0.5) is 14.7 Å². The first-order valence-corrected chi connectivity index (χ1v) is 11.5. The number of fused-ring (bicyclic) bond motifs is 1. The van der Waals surface area contributed by atoms with Gasteiger partial charge in [-0.05, 0) is 19.3 Å². The van der Waals surface area contributed by atoms with Crippen LogP contribution in [-0.2, 0) is 10.0 Å². The Labute approximate surface area is 167 Å². The molecule has 0 amide bonds. The van der Waals surface area contributed by atoms with Crippen LogP contribution in [-0.4, -0.2) is 58.9 Å². The largest absolute Gasteiger partial charge is 0.347 e. The van der Waals surface area contributed by atoms with Crippen molar-refractivity contribution < 1.29 is 17.2 Å². The van der Waals surface area contributed by atoms with Crippen LogP contribution in [0.2, 0.25) is 0 Å². The van der Waals surface area contributed by atoms with E-state index in [2.05, 4.69) is 15.4 Å². The molecule has 1 saturated heterocycles. The Hall–Kier alpha value is -2.32. The van der Waals surface area contributed by atoms with Crippen molar-refractivity contribution >= 4 is 21.5 Å². The first-order valence-electron chi connectivity index (χ1n) is 9.62. The van der Waals surface area contributed by atoms with Crippen molar-refractivity contribution in [3.05, 3.63) is 23.3 Å². The second-order valence-corrected chi connectivity index (χ2v) is 9.71. The minimum Gasteiger partial charge on any atom is -0.347 e. The average Bonchev–Trinajstić information content (AvgIpc) is 3.28. The molecule has 1 N–H and O–H groups in total. The zero-order valence-corrected chi connectivity index (χ0v) is 16.8. The molecule has 0 spiro atoms. The van der Waals surface area contributed by atoms with Gasteiger partial charge >= 0.3 is 0 Å². The summed E-state index contributed by atoms with van der Waals surface area (Å²) in [6.07, 6.45) is 4.95. The molecule has 0 radical (unpaired) electrons.